The lowest BCUT2D eigenvalue weighted by atomic mass is 10.1. The van der Waals surface area contributed by atoms with Gasteiger partial charge in [0.2, 0.25) is 5.91 Å². The molecule has 222 valence electrons. The Kier molecular flexibility index (Phi) is 10.3. The van der Waals surface area contributed by atoms with Crippen molar-refractivity contribution in [2.24, 2.45) is 0 Å². The molecule has 0 bridgehead atoms. The first-order valence-electron chi connectivity index (χ1n) is 13.9. The number of benzene rings is 2. The Bertz CT molecular complexity index is 1500. The molecule has 10 nitrogen and oxygen atoms in total. The van der Waals surface area contributed by atoms with Crippen LogP contribution in [0.2, 0.25) is 0 Å². The van der Waals surface area contributed by atoms with E-state index in [2.05, 4.69) is 12.2 Å². The Morgan fingerprint density at radius 3 is 2.48 bits per heavy atom. The predicted molar refractivity (Wildman–Crippen MR) is 165 cm³/mol. The number of nitrogens with one attached hydrogen (secondary N) is 1. The molecule has 42 heavy (non-hydrogen) atoms. The highest BCUT2D eigenvalue weighted by Gasteiger charge is 2.40. The van der Waals surface area contributed by atoms with Crippen LogP contribution in [0.25, 0.3) is 17.0 Å². The van der Waals surface area contributed by atoms with Crippen LogP contribution in [0.1, 0.15) is 31.4 Å². The molecule has 0 spiro atoms. The van der Waals surface area contributed by atoms with Gasteiger partial charge in [0.1, 0.15) is 24.5 Å². The van der Waals surface area contributed by atoms with Crippen LogP contribution in [-0.4, -0.2) is 72.9 Å². The lowest BCUT2D eigenvalue weighted by Gasteiger charge is -2.19. The van der Waals surface area contributed by atoms with Gasteiger partial charge in [-0.25, -0.2) is 0 Å². The number of hydrogen-bond donors (Lipinski definition) is 1. The number of para-hydroxylation sites is 1. The summed E-state index contributed by atoms with van der Waals surface area (Å²) in [5.74, 6) is -0.370. The summed E-state index contributed by atoms with van der Waals surface area (Å²) in [7, 11) is 2.92. The van der Waals surface area contributed by atoms with Gasteiger partial charge in [-0.1, -0.05) is 25.1 Å². The summed E-state index contributed by atoms with van der Waals surface area (Å²) in [4.78, 5) is 41.9. The minimum Gasteiger partial charge on any atom is -0.494 e. The number of carbonyl (C=O) groups is 3. The van der Waals surface area contributed by atoms with Gasteiger partial charge in [-0.05, 0) is 67.9 Å². The van der Waals surface area contributed by atoms with Crippen molar-refractivity contribution in [3.8, 4) is 5.75 Å². The number of esters is 1. The quantitative estimate of drug-likeness (QED) is 0.138. The van der Waals surface area contributed by atoms with Gasteiger partial charge < -0.3 is 29.0 Å². The van der Waals surface area contributed by atoms with Crippen LogP contribution >= 0.6 is 12.2 Å². The van der Waals surface area contributed by atoms with Crippen molar-refractivity contribution >= 4 is 57.8 Å². The van der Waals surface area contributed by atoms with Gasteiger partial charge in [0, 0.05) is 37.4 Å². The molecule has 1 aliphatic rings. The van der Waals surface area contributed by atoms with E-state index in [9.17, 15) is 14.4 Å². The van der Waals surface area contributed by atoms with E-state index in [1.54, 1.807) is 37.5 Å². The Hall–Kier alpha value is -4.22. The van der Waals surface area contributed by atoms with Crippen molar-refractivity contribution in [2.45, 2.75) is 33.2 Å². The molecular weight excluding hydrogens is 556 g/mol. The number of amides is 2. The molecule has 1 aromatic heterocycles. The van der Waals surface area contributed by atoms with Gasteiger partial charge in [-0.15, -0.1) is 0 Å². The third-order valence-electron chi connectivity index (χ3n) is 6.90. The van der Waals surface area contributed by atoms with Crippen LogP contribution in [0, 0.1) is 0 Å². The van der Waals surface area contributed by atoms with E-state index in [0.29, 0.717) is 31.2 Å². The van der Waals surface area contributed by atoms with E-state index >= 15 is 0 Å². The molecule has 0 radical (unpaired) electrons. The fourth-order valence-corrected chi connectivity index (χ4v) is 5.26. The third-order valence-corrected chi connectivity index (χ3v) is 7.31. The van der Waals surface area contributed by atoms with E-state index in [1.165, 1.54) is 16.9 Å². The SMILES string of the molecule is CCOc1ccc(N2C(=O)/C(=C/c3cn(CC(=O)NCCCOC)c4c(CC)cccc34)N(CC(=O)OC)C2=S)cc1. The first-order chi connectivity index (χ1) is 20.3. The minimum atomic E-state index is -0.537. The molecule has 1 saturated heterocycles. The van der Waals surface area contributed by atoms with Gasteiger partial charge in [0.25, 0.3) is 5.91 Å². The maximum atomic E-state index is 13.9. The molecule has 1 aliphatic heterocycles. The lowest BCUT2D eigenvalue weighted by Crippen LogP contribution is -2.35. The molecule has 0 aliphatic carbocycles. The number of aromatic nitrogens is 1. The highest BCUT2D eigenvalue weighted by molar-refractivity contribution is 7.80. The average molecular weight is 593 g/mol. The molecule has 1 N–H and O–H groups in total. The number of thiocarbonyl (C=S) groups is 1. The average Bonchev–Trinajstić information content (AvgIpc) is 3.45. The highest BCUT2D eigenvalue weighted by atomic mass is 32.1. The summed E-state index contributed by atoms with van der Waals surface area (Å²) >= 11 is 5.71. The fraction of sp³-hybridized carbons (Fsp3) is 0.355. The highest BCUT2D eigenvalue weighted by Crippen LogP contribution is 2.33. The van der Waals surface area contributed by atoms with Crippen molar-refractivity contribution in [1.29, 1.82) is 0 Å². The van der Waals surface area contributed by atoms with E-state index in [1.807, 2.05) is 35.9 Å². The van der Waals surface area contributed by atoms with E-state index < -0.39 is 5.97 Å². The molecule has 0 saturated carbocycles. The number of hydrogen-bond acceptors (Lipinski definition) is 7. The number of nitrogens with zero attached hydrogens (tertiary/aromatic N) is 3. The Morgan fingerprint density at radius 2 is 1.81 bits per heavy atom. The van der Waals surface area contributed by atoms with Crippen LogP contribution in [0.15, 0.2) is 54.4 Å². The summed E-state index contributed by atoms with van der Waals surface area (Å²) in [6.07, 6.45) is 5.06. The van der Waals surface area contributed by atoms with Crippen LogP contribution in [0.5, 0.6) is 5.75 Å². The van der Waals surface area contributed by atoms with E-state index in [0.717, 1.165) is 34.9 Å². The number of anilines is 1. The number of fused-ring (bicyclic) bond motifs is 1. The normalized spacial score (nSPS) is 14.2. The fourth-order valence-electron chi connectivity index (χ4n) is 4.91. The van der Waals surface area contributed by atoms with Crippen molar-refractivity contribution < 1.29 is 28.6 Å². The Morgan fingerprint density at radius 1 is 1.05 bits per heavy atom. The van der Waals surface area contributed by atoms with Crippen LogP contribution in [0.4, 0.5) is 5.69 Å². The molecule has 0 unspecified atom stereocenters. The summed E-state index contributed by atoms with van der Waals surface area (Å²) in [5.41, 5.74) is 3.48. The molecule has 4 rings (SSSR count). The zero-order valence-corrected chi connectivity index (χ0v) is 25.2. The largest absolute Gasteiger partial charge is 0.494 e. The number of aryl methyl sites for hydroxylation is 1. The second-order valence-electron chi connectivity index (χ2n) is 9.62. The monoisotopic (exact) mass is 592 g/mol. The molecule has 3 aromatic rings. The van der Waals surface area contributed by atoms with Crippen molar-refractivity contribution in [3.63, 3.8) is 0 Å². The molecule has 1 fully saturated rings. The zero-order chi connectivity index (χ0) is 30.2. The van der Waals surface area contributed by atoms with Gasteiger partial charge in [0.05, 0.1) is 24.9 Å². The number of ether oxygens (including phenoxy) is 3. The Labute approximate surface area is 250 Å². The van der Waals surface area contributed by atoms with Crippen molar-refractivity contribution in [1.82, 2.24) is 14.8 Å². The van der Waals surface area contributed by atoms with Crippen LogP contribution in [-0.2, 0) is 36.8 Å². The molecule has 11 heteroatoms. The molecule has 2 amide bonds. The minimum absolute atomic E-state index is 0.111. The molecule has 0 atom stereocenters. The zero-order valence-electron chi connectivity index (χ0n) is 24.3. The molecule has 2 aromatic carbocycles. The van der Waals surface area contributed by atoms with Crippen molar-refractivity contribution in [2.75, 3.05) is 45.4 Å². The maximum absolute atomic E-state index is 13.9. The summed E-state index contributed by atoms with van der Waals surface area (Å²) in [5, 5.41) is 3.97. The second kappa shape index (κ2) is 14.1. The molecular formula is C31H36N4O6S. The van der Waals surface area contributed by atoms with Crippen LogP contribution in [0.3, 0.4) is 0 Å². The lowest BCUT2D eigenvalue weighted by molar-refractivity contribution is -0.140. The first kappa shape index (κ1) is 30.7. The summed E-state index contributed by atoms with van der Waals surface area (Å²) in [6, 6.07) is 13.0. The first-order valence-corrected chi connectivity index (χ1v) is 14.3. The van der Waals surface area contributed by atoms with Gasteiger partial charge >= 0.3 is 5.97 Å². The predicted octanol–water partition coefficient (Wildman–Crippen LogP) is 3.90. The van der Waals surface area contributed by atoms with Gasteiger partial charge in [0.15, 0.2) is 5.11 Å². The van der Waals surface area contributed by atoms with Crippen molar-refractivity contribution in [3.05, 3.63) is 65.5 Å². The van der Waals surface area contributed by atoms with E-state index in [4.69, 9.17) is 26.4 Å². The summed E-state index contributed by atoms with van der Waals surface area (Å²) in [6.45, 7) is 5.42. The van der Waals surface area contributed by atoms with E-state index in [-0.39, 0.29) is 35.7 Å². The Balaban J connectivity index is 1.75. The topological polar surface area (TPSA) is 102 Å². The standard InChI is InChI=1S/C31H36N4O6S/c1-5-21-9-7-10-25-22(18-33(29(21)25)19-27(36)32-15-8-16-39-3)17-26-30(38)35(31(42)34(26)20-28(37)40-4)23-11-13-24(14-12-23)41-6-2/h7,9-14,17-18H,5-6,8,15-16,19-20H2,1-4H3,(H,32,36)/b26-17-. The summed E-state index contributed by atoms with van der Waals surface area (Å²) < 4.78 is 17.4. The maximum Gasteiger partial charge on any atom is 0.325 e. The smallest absolute Gasteiger partial charge is 0.325 e. The number of carbonyl (C=O) groups excluding carboxylic acids is 3. The number of rotatable bonds is 13. The van der Waals surface area contributed by atoms with Gasteiger partial charge in [-0.2, -0.15) is 0 Å². The van der Waals surface area contributed by atoms with Crippen LogP contribution < -0.4 is 15.0 Å². The van der Waals surface area contributed by atoms with Gasteiger partial charge in [-0.3, -0.25) is 19.3 Å². The third kappa shape index (κ3) is 6.63. The molecule has 2 heterocycles. The number of methoxy groups -OCH3 is 2. The second-order valence-corrected chi connectivity index (χ2v) is 9.98.